The van der Waals surface area contributed by atoms with E-state index in [1.807, 2.05) is 37.4 Å². The Labute approximate surface area is 218 Å². The molecule has 3 aromatic carbocycles. The zero-order valence-electron chi connectivity index (χ0n) is 20.7. The van der Waals surface area contributed by atoms with Crippen LogP contribution in [0.3, 0.4) is 0 Å². The number of aromatic nitrogens is 1. The van der Waals surface area contributed by atoms with Crippen LogP contribution in [0.2, 0.25) is 0 Å². The van der Waals surface area contributed by atoms with Crippen molar-refractivity contribution in [3.05, 3.63) is 95.7 Å². The van der Waals surface area contributed by atoms with Gasteiger partial charge in [0.05, 0.1) is 5.56 Å². The van der Waals surface area contributed by atoms with Crippen LogP contribution in [0, 0.1) is 0 Å². The highest BCUT2D eigenvalue weighted by molar-refractivity contribution is 5.85. The summed E-state index contributed by atoms with van der Waals surface area (Å²) in [6.45, 7) is 0.750. The Kier molecular flexibility index (Phi) is 9.75. The molecule has 0 saturated heterocycles. The first kappa shape index (κ1) is 28.5. The Bertz CT molecular complexity index is 1310. The molecule has 0 amide bonds. The summed E-state index contributed by atoms with van der Waals surface area (Å²) in [5.41, 5.74) is 7.43. The first-order valence-electron chi connectivity index (χ1n) is 11.9. The van der Waals surface area contributed by atoms with E-state index < -0.39 is 23.8 Å². The molecule has 0 radical (unpaired) electrons. The van der Waals surface area contributed by atoms with E-state index in [9.17, 15) is 23.1 Å². The molecule has 0 aliphatic heterocycles. The Morgan fingerprint density at radius 1 is 1.08 bits per heavy atom. The SMILES string of the molecule is CNCCC(Oc1ccc(C(F)(F)F)cc1)c1ccccc1.N[C@@H](Cc1c[nH]c2ccc(O)cc12)C(=O)O. The van der Waals surface area contributed by atoms with Crippen LogP contribution in [-0.4, -0.2) is 40.8 Å². The fourth-order valence-corrected chi connectivity index (χ4v) is 3.78. The number of fused-ring (bicyclic) bond motifs is 1. The van der Waals surface area contributed by atoms with E-state index in [4.69, 9.17) is 15.6 Å². The standard InChI is InChI=1S/C17H18F3NO.C11H12N2O3/c1-21-12-11-16(13-5-3-2-4-6-13)22-15-9-7-14(8-10-15)17(18,19)20;12-9(11(15)16)3-6-5-13-10-2-1-7(14)4-8(6)10/h2-10,16,21H,11-12H2,1H3;1-2,4-5,9,13-14H,3,12H2,(H,15,16)/t;9-/m.0/s1. The third kappa shape index (κ3) is 7.99. The molecule has 202 valence electrons. The van der Waals surface area contributed by atoms with Crippen LogP contribution in [0.25, 0.3) is 10.9 Å². The van der Waals surface area contributed by atoms with E-state index >= 15 is 0 Å². The second-order valence-electron chi connectivity index (χ2n) is 8.62. The minimum atomic E-state index is -4.33. The summed E-state index contributed by atoms with van der Waals surface area (Å²) >= 11 is 0. The molecule has 0 saturated carbocycles. The van der Waals surface area contributed by atoms with Crippen molar-refractivity contribution >= 4 is 16.9 Å². The number of alkyl halides is 3. The van der Waals surface area contributed by atoms with Gasteiger partial charge in [-0.2, -0.15) is 13.2 Å². The van der Waals surface area contributed by atoms with Gasteiger partial charge in [0.25, 0.3) is 0 Å². The van der Waals surface area contributed by atoms with Gasteiger partial charge in [-0.1, -0.05) is 30.3 Å². The van der Waals surface area contributed by atoms with Gasteiger partial charge in [0.1, 0.15) is 23.6 Å². The Balaban J connectivity index is 0.000000221. The Morgan fingerprint density at radius 3 is 2.37 bits per heavy atom. The zero-order chi connectivity index (χ0) is 27.7. The molecular formula is C28H30F3N3O4. The number of carbonyl (C=O) groups is 1. The van der Waals surface area contributed by atoms with Gasteiger partial charge in [-0.3, -0.25) is 4.79 Å². The van der Waals surface area contributed by atoms with Crippen molar-refractivity contribution in [1.82, 2.24) is 10.3 Å². The first-order valence-corrected chi connectivity index (χ1v) is 11.9. The van der Waals surface area contributed by atoms with Gasteiger partial charge in [0.2, 0.25) is 0 Å². The number of phenolic OH excluding ortho intramolecular Hbond substituents is 1. The van der Waals surface area contributed by atoms with Crippen LogP contribution in [-0.2, 0) is 17.4 Å². The summed E-state index contributed by atoms with van der Waals surface area (Å²) in [6.07, 6.45) is -1.86. The predicted molar refractivity (Wildman–Crippen MR) is 139 cm³/mol. The molecular weight excluding hydrogens is 499 g/mol. The van der Waals surface area contributed by atoms with Crippen LogP contribution in [0.1, 0.15) is 29.2 Å². The lowest BCUT2D eigenvalue weighted by Gasteiger charge is -2.20. The number of aliphatic carboxylic acids is 1. The van der Waals surface area contributed by atoms with Crippen LogP contribution in [0.15, 0.2) is 79.0 Å². The maximum Gasteiger partial charge on any atom is 0.416 e. The first-order chi connectivity index (χ1) is 18.1. The Hall–Kier alpha value is -4.02. The smallest absolute Gasteiger partial charge is 0.416 e. The van der Waals surface area contributed by atoms with Crippen molar-refractivity contribution in [3.8, 4) is 11.5 Å². The number of carboxylic acids is 1. The molecule has 1 heterocycles. The third-order valence-electron chi connectivity index (χ3n) is 5.80. The minimum absolute atomic E-state index is 0.150. The minimum Gasteiger partial charge on any atom is -0.508 e. The summed E-state index contributed by atoms with van der Waals surface area (Å²) in [5, 5.41) is 21.9. The fourth-order valence-electron chi connectivity index (χ4n) is 3.78. The average molecular weight is 530 g/mol. The molecule has 0 bridgehead atoms. The van der Waals surface area contributed by atoms with E-state index in [1.165, 1.54) is 12.1 Å². The molecule has 0 spiro atoms. The lowest BCUT2D eigenvalue weighted by molar-refractivity contribution is -0.139. The maximum atomic E-state index is 12.6. The summed E-state index contributed by atoms with van der Waals surface area (Å²) in [4.78, 5) is 13.6. The number of aromatic amines is 1. The maximum absolute atomic E-state index is 12.6. The van der Waals surface area contributed by atoms with Gasteiger partial charge in [-0.25, -0.2) is 0 Å². The number of aromatic hydroxyl groups is 1. The number of hydrogen-bond donors (Lipinski definition) is 5. The summed E-state index contributed by atoms with van der Waals surface area (Å²) in [6, 6.07) is 18.4. The number of ether oxygens (including phenoxy) is 1. The third-order valence-corrected chi connectivity index (χ3v) is 5.80. The molecule has 2 atom stereocenters. The van der Waals surface area contributed by atoms with E-state index in [0.29, 0.717) is 5.75 Å². The molecule has 0 fully saturated rings. The van der Waals surface area contributed by atoms with Gasteiger partial charge in [-0.05, 0) is 67.2 Å². The second kappa shape index (κ2) is 13.0. The lowest BCUT2D eigenvalue weighted by atomic mass is 10.1. The second-order valence-corrected chi connectivity index (χ2v) is 8.62. The number of nitrogens with one attached hydrogen (secondary N) is 2. The van der Waals surface area contributed by atoms with Crippen LogP contribution >= 0.6 is 0 Å². The molecule has 4 rings (SSSR count). The van der Waals surface area contributed by atoms with E-state index in [0.717, 1.165) is 47.1 Å². The van der Waals surface area contributed by atoms with Crippen molar-refractivity contribution in [2.75, 3.05) is 13.6 Å². The number of hydrogen-bond acceptors (Lipinski definition) is 5. The van der Waals surface area contributed by atoms with Gasteiger partial charge in [-0.15, -0.1) is 0 Å². The van der Waals surface area contributed by atoms with E-state index in [2.05, 4.69) is 10.3 Å². The van der Waals surface area contributed by atoms with Crippen molar-refractivity contribution < 1.29 is 32.9 Å². The van der Waals surface area contributed by atoms with Crippen molar-refractivity contribution in [2.24, 2.45) is 5.73 Å². The van der Waals surface area contributed by atoms with Crippen LogP contribution < -0.4 is 15.8 Å². The molecule has 4 aromatic rings. The van der Waals surface area contributed by atoms with Crippen molar-refractivity contribution in [3.63, 3.8) is 0 Å². The molecule has 10 heteroatoms. The number of phenols is 1. The molecule has 7 nitrogen and oxygen atoms in total. The molecule has 0 aliphatic rings. The molecule has 38 heavy (non-hydrogen) atoms. The normalized spacial score (nSPS) is 12.9. The fraction of sp³-hybridized carbons (Fsp3) is 0.250. The van der Waals surface area contributed by atoms with Crippen LogP contribution in [0.4, 0.5) is 13.2 Å². The highest BCUT2D eigenvalue weighted by atomic mass is 19.4. The van der Waals surface area contributed by atoms with Gasteiger partial charge in [0.15, 0.2) is 0 Å². The zero-order valence-corrected chi connectivity index (χ0v) is 20.7. The summed E-state index contributed by atoms with van der Waals surface area (Å²) in [7, 11) is 1.85. The van der Waals surface area contributed by atoms with E-state index in [1.54, 1.807) is 24.4 Å². The van der Waals surface area contributed by atoms with Gasteiger partial charge >= 0.3 is 12.1 Å². The molecule has 1 unspecified atom stereocenters. The Morgan fingerprint density at radius 2 is 1.76 bits per heavy atom. The number of nitrogens with two attached hydrogens (primary N) is 1. The highest BCUT2D eigenvalue weighted by Gasteiger charge is 2.30. The van der Waals surface area contributed by atoms with E-state index in [-0.39, 0.29) is 18.3 Å². The summed E-state index contributed by atoms with van der Waals surface area (Å²) < 4.78 is 43.6. The van der Waals surface area contributed by atoms with Crippen molar-refractivity contribution in [1.29, 1.82) is 0 Å². The predicted octanol–water partition coefficient (Wildman–Crippen LogP) is 5.26. The van der Waals surface area contributed by atoms with Gasteiger partial charge < -0.3 is 31.0 Å². The number of rotatable bonds is 9. The van der Waals surface area contributed by atoms with Crippen LogP contribution in [0.5, 0.6) is 11.5 Å². The monoisotopic (exact) mass is 529 g/mol. The van der Waals surface area contributed by atoms with Crippen molar-refractivity contribution in [2.45, 2.75) is 31.2 Å². The summed E-state index contributed by atoms with van der Waals surface area (Å²) in [5.74, 6) is -0.454. The topological polar surface area (TPSA) is 121 Å². The number of carboxylic acid groups (broad SMARTS) is 1. The number of benzene rings is 3. The average Bonchev–Trinajstić information content (AvgIpc) is 3.28. The largest absolute Gasteiger partial charge is 0.508 e. The number of H-pyrrole nitrogens is 1. The number of halogens is 3. The molecule has 0 aliphatic carbocycles. The lowest BCUT2D eigenvalue weighted by Crippen LogP contribution is -2.32. The quantitative estimate of drug-likeness (QED) is 0.202. The molecule has 1 aromatic heterocycles. The highest BCUT2D eigenvalue weighted by Crippen LogP contribution is 2.32. The molecule has 6 N–H and O–H groups in total. The van der Waals surface area contributed by atoms with Gasteiger partial charge in [0, 0.05) is 29.9 Å².